The number of aryl methyl sites for hydroxylation is 2. The molecule has 0 aliphatic heterocycles. The third-order valence-electron chi connectivity index (χ3n) is 4.27. The number of hydrogen-bond acceptors (Lipinski definition) is 5. The van der Waals surface area contributed by atoms with Crippen molar-refractivity contribution >= 4 is 5.91 Å². The van der Waals surface area contributed by atoms with E-state index >= 15 is 0 Å². The van der Waals surface area contributed by atoms with Crippen LogP contribution in [0.15, 0.2) is 53.1 Å². The van der Waals surface area contributed by atoms with Gasteiger partial charge in [-0.1, -0.05) is 17.3 Å². The van der Waals surface area contributed by atoms with Gasteiger partial charge in [0.25, 0.3) is 0 Å². The van der Waals surface area contributed by atoms with E-state index < -0.39 is 0 Å². The molecular weight excluding hydrogens is 373 g/mol. The summed E-state index contributed by atoms with van der Waals surface area (Å²) in [4.78, 5) is 16.2. The zero-order valence-corrected chi connectivity index (χ0v) is 16.4. The molecule has 0 fully saturated rings. The Labute approximate surface area is 169 Å². The van der Waals surface area contributed by atoms with Crippen LogP contribution in [0, 0.1) is 12.7 Å². The molecule has 1 N–H and O–H groups in total. The quantitative estimate of drug-likeness (QED) is 0.522. The van der Waals surface area contributed by atoms with Crippen LogP contribution >= 0.6 is 0 Å². The van der Waals surface area contributed by atoms with Crippen molar-refractivity contribution in [2.75, 3.05) is 13.2 Å². The average Bonchev–Trinajstić information content (AvgIpc) is 3.17. The third kappa shape index (κ3) is 6.71. The van der Waals surface area contributed by atoms with E-state index in [0.717, 1.165) is 17.7 Å². The maximum Gasteiger partial charge on any atom is 0.226 e. The van der Waals surface area contributed by atoms with Gasteiger partial charge in [-0.3, -0.25) is 4.79 Å². The van der Waals surface area contributed by atoms with Crippen LogP contribution in [-0.2, 0) is 11.2 Å². The Balaban J connectivity index is 1.29. The number of aromatic nitrogens is 2. The maximum absolute atomic E-state index is 13.0. The summed E-state index contributed by atoms with van der Waals surface area (Å²) in [5.74, 6) is 1.39. The number of halogens is 1. The molecule has 152 valence electrons. The molecule has 6 nitrogen and oxygen atoms in total. The summed E-state index contributed by atoms with van der Waals surface area (Å²) in [6.07, 6.45) is 2.24. The number of carbonyl (C=O) groups is 1. The number of ether oxygens (including phenoxy) is 1. The number of hydrogen-bond donors (Lipinski definition) is 1. The topological polar surface area (TPSA) is 77.2 Å². The van der Waals surface area contributed by atoms with Gasteiger partial charge in [-0.25, -0.2) is 4.39 Å². The largest absolute Gasteiger partial charge is 0.494 e. The van der Waals surface area contributed by atoms with Crippen LogP contribution in [0.4, 0.5) is 4.39 Å². The molecule has 7 heteroatoms. The van der Waals surface area contributed by atoms with Crippen LogP contribution in [0.3, 0.4) is 0 Å². The highest BCUT2D eigenvalue weighted by Crippen LogP contribution is 2.17. The molecule has 0 bridgehead atoms. The van der Waals surface area contributed by atoms with Crippen LogP contribution in [0.25, 0.3) is 11.4 Å². The summed E-state index contributed by atoms with van der Waals surface area (Å²) >= 11 is 0. The van der Waals surface area contributed by atoms with E-state index in [2.05, 4.69) is 15.5 Å². The molecule has 0 spiro atoms. The fourth-order valence-corrected chi connectivity index (χ4v) is 2.76. The molecule has 0 saturated heterocycles. The number of rotatable bonds is 10. The van der Waals surface area contributed by atoms with Crippen molar-refractivity contribution in [2.45, 2.75) is 32.6 Å². The van der Waals surface area contributed by atoms with Gasteiger partial charge in [0, 0.05) is 24.9 Å². The lowest BCUT2D eigenvalue weighted by Gasteiger charge is -2.07. The van der Waals surface area contributed by atoms with Crippen molar-refractivity contribution in [1.82, 2.24) is 15.5 Å². The molecule has 1 aromatic heterocycles. The summed E-state index contributed by atoms with van der Waals surface area (Å²) in [6, 6.07) is 13.8. The van der Waals surface area contributed by atoms with E-state index in [1.165, 1.54) is 12.1 Å². The highest BCUT2D eigenvalue weighted by atomic mass is 19.1. The summed E-state index contributed by atoms with van der Waals surface area (Å²) < 4.78 is 23.8. The first kappa shape index (κ1) is 20.5. The lowest BCUT2D eigenvalue weighted by molar-refractivity contribution is -0.121. The molecule has 3 rings (SSSR count). The van der Waals surface area contributed by atoms with Gasteiger partial charge < -0.3 is 14.6 Å². The Morgan fingerprint density at radius 1 is 1.17 bits per heavy atom. The normalized spacial score (nSPS) is 10.7. The maximum atomic E-state index is 13.0. The first-order valence-corrected chi connectivity index (χ1v) is 9.65. The van der Waals surface area contributed by atoms with Gasteiger partial charge in [0.05, 0.1) is 6.61 Å². The Morgan fingerprint density at radius 3 is 2.79 bits per heavy atom. The van der Waals surface area contributed by atoms with E-state index in [0.29, 0.717) is 49.7 Å². The fraction of sp³-hybridized carbons (Fsp3) is 0.318. The SMILES string of the molecule is Cc1cccc(OCCCNC(=O)CCCc2nc(-c3ccc(F)cc3)no2)c1. The van der Waals surface area contributed by atoms with Crippen molar-refractivity contribution in [3.63, 3.8) is 0 Å². The lowest BCUT2D eigenvalue weighted by atomic mass is 10.2. The number of nitrogens with one attached hydrogen (secondary N) is 1. The molecule has 0 atom stereocenters. The second kappa shape index (κ2) is 10.4. The van der Waals surface area contributed by atoms with Crippen molar-refractivity contribution in [3.8, 4) is 17.1 Å². The van der Waals surface area contributed by atoms with Crippen LogP contribution in [0.1, 0.15) is 30.7 Å². The second-order valence-corrected chi connectivity index (χ2v) is 6.74. The molecule has 0 unspecified atom stereocenters. The second-order valence-electron chi connectivity index (χ2n) is 6.74. The summed E-state index contributed by atoms with van der Waals surface area (Å²) in [5, 5.41) is 6.77. The van der Waals surface area contributed by atoms with Crippen molar-refractivity contribution in [2.24, 2.45) is 0 Å². The number of amides is 1. The zero-order valence-electron chi connectivity index (χ0n) is 16.4. The Kier molecular flexibility index (Phi) is 7.33. The molecular formula is C22H24FN3O3. The average molecular weight is 397 g/mol. The minimum Gasteiger partial charge on any atom is -0.494 e. The minimum absolute atomic E-state index is 0.0150. The zero-order chi connectivity index (χ0) is 20.5. The standard InChI is InChI=1S/C22H24FN3O3/c1-16-5-2-6-19(15-16)28-14-4-13-24-20(27)7-3-8-21-25-22(26-29-21)17-9-11-18(23)12-10-17/h2,5-6,9-12,15H,3-4,7-8,13-14H2,1H3,(H,24,27). The van der Waals surface area contributed by atoms with E-state index in [9.17, 15) is 9.18 Å². The molecule has 0 aliphatic rings. The molecule has 0 radical (unpaired) electrons. The number of carbonyl (C=O) groups excluding carboxylic acids is 1. The highest BCUT2D eigenvalue weighted by Gasteiger charge is 2.09. The van der Waals surface area contributed by atoms with Crippen molar-refractivity contribution in [3.05, 3.63) is 65.8 Å². The van der Waals surface area contributed by atoms with Gasteiger partial charge in [-0.05, 0) is 61.7 Å². The van der Waals surface area contributed by atoms with E-state index in [1.54, 1.807) is 12.1 Å². The van der Waals surface area contributed by atoms with E-state index in [4.69, 9.17) is 9.26 Å². The van der Waals surface area contributed by atoms with Crippen molar-refractivity contribution < 1.29 is 18.4 Å². The highest BCUT2D eigenvalue weighted by molar-refractivity contribution is 5.75. The predicted octanol–water partition coefficient (Wildman–Crippen LogP) is 4.09. The van der Waals surface area contributed by atoms with Crippen LogP contribution in [-0.4, -0.2) is 29.2 Å². The molecule has 3 aromatic rings. The van der Waals surface area contributed by atoms with E-state index in [-0.39, 0.29) is 11.7 Å². The monoisotopic (exact) mass is 397 g/mol. The van der Waals surface area contributed by atoms with Gasteiger partial charge >= 0.3 is 0 Å². The van der Waals surface area contributed by atoms with Gasteiger partial charge in [0.1, 0.15) is 11.6 Å². The lowest BCUT2D eigenvalue weighted by Crippen LogP contribution is -2.25. The van der Waals surface area contributed by atoms with Crippen LogP contribution in [0.5, 0.6) is 5.75 Å². The summed E-state index contributed by atoms with van der Waals surface area (Å²) in [5.41, 5.74) is 1.84. The molecule has 29 heavy (non-hydrogen) atoms. The Bertz CT molecular complexity index is 925. The van der Waals surface area contributed by atoms with Gasteiger partial charge in [-0.2, -0.15) is 4.98 Å². The molecule has 1 amide bonds. The van der Waals surface area contributed by atoms with Gasteiger partial charge in [-0.15, -0.1) is 0 Å². The Morgan fingerprint density at radius 2 is 2.00 bits per heavy atom. The molecule has 0 aliphatic carbocycles. The number of benzene rings is 2. The van der Waals surface area contributed by atoms with Crippen LogP contribution < -0.4 is 10.1 Å². The number of nitrogens with zero attached hydrogens (tertiary/aromatic N) is 2. The minimum atomic E-state index is -0.315. The Hall–Kier alpha value is -3.22. The molecule has 2 aromatic carbocycles. The first-order chi connectivity index (χ1) is 14.1. The smallest absolute Gasteiger partial charge is 0.226 e. The fourth-order valence-electron chi connectivity index (χ4n) is 2.76. The molecule has 1 heterocycles. The third-order valence-corrected chi connectivity index (χ3v) is 4.27. The predicted molar refractivity (Wildman–Crippen MR) is 107 cm³/mol. The molecule has 0 saturated carbocycles. The summed E-state index contributed by atoms with van der Waals surface area (Å²) in [6.45, 7) is 3.14. The van der Waals surface area contributed by atoms with Crippen LogP contribution in [0.2, 0.25) is 0 Å². The first-order valence-electron chi connectivity index (χ1n) is 9.65. The summed E-state index contributed by atoms with van der Waals surface area (Å²) in [7, 11) is 0. The van der Waals surface area contributed by atoms with E-state index in [1.807, 2.05) is 31.2 Å². The van der Waals surface area contributed by atoms with Crippen molar-refractivity contribution in [1.29, 1.82) is 0 Å². The van der Waals surface area contributed by atoms with Gasteiger partial charge in [0.2, 0.25) is 17.6 Å². The van der Waals surface area contributed by atoms with Gasteiger partial charge in [0.15, 0.2) is 0 Å².